The Bertz CT molecular complexity index is 273. The van der Waals surface area contributed by atoms with Crippen molar-refractivity contribution in [2.45, 2.75) is 110 Å². The fourth-order valence-corrected chi connectivity index (χ4v) is 3.79. The first-order valence-electron chi connectivity index (χ1n) is 11.5. The molecule has 0 aromatic carbocycles. The van der Waals surface area contributed by atoms with Gasteiger partial charge in [0.15, 0.2) is 0 Å². The van der Waals surface area contributed by atoms with Gasteiger partial charge in [0.2, 0.25) is 0 Å². The van der Waals surface area contributed by atoms with Gasteiger partial charge in [0.1, 0.15) is 0 Å². The first kappa shape index (κ1) is 22.9. The molecule has 0 radical (unpaired) electrons. The van der Waals surface area contributed by atoms with Crippen LogP contribution in [-0.2, 0) is 4.84 Å². The van der Waals surface area contributed by atoms with Crippen molar-refractivity contribution in [3.8, 4) is 0 Å². The Morgan fingerprint density at radius 2 is 1.08 bits per heavy atom. The summed E-state index contributed by atoms with van der Waals surface area (Å²) in [5, 5.41) is 2.10. The van der Waals surface area contributed by atoms with Crippen molar-refractivity contribution in [2.75, 3.05) is 32.9 Å². The molecule has 1 heterocycles. The summed E-state index contributed by atoms with van der Waals surface area (Å²) >= 11 is 0. The van der Waals surface area contributed by atoms with Gasteiger partial charge in [0, 0.05) is 13.1 Å². The first-order valence-corrected chi connectivity index (χ1v) is 11.5. The van der Waals surface area contributed by atoms with Crippen molar-refractivity contribution >= 4 is 0 Å². The molecule has 0 N–H and O–H groups in total. The predicted molar refractivity (Wildman–Crippen MR) is 110 cm³/mol. The summed E-state index contributed by atoms with van der Waals surface area (Å²) < 4.78 is 0. The molecule has 1 aliphatic heterocycles. The van der Waals surface area contributed by atoms with Gasteiger partial charge in [-0.3, -0.25) is 9.74 Å². The van der Waals surface area contributed by atoms with Gasteiger partial charge in [-0.1, -0.05) is 96.8 Å². The molecule has 0 aliphatic carbocycles. The fraction of sp³-hybridized carbons (Fsp3) is 1.00. The average molecular weight is 355 g/mol. The third-order valence-corrected chi connectivity index (χ3v) is 5.41. The van der Waals surface area contributed by atoms with Gasteiger partial charge in [-0.2, -0.15) is 5.06 Å². The van der Waals surface area contributed by atoms with Gasteiger partial charge in [0.05, 0.1) is 13.3 Å². The lowest BCUT2D eigenvalue weighted by Gasteiger charge is -2.16. The van der Waals surface area contributed by atoms with E-state index >= 15 is 0 Å². The highest BCUT2D eigenvalue weighted by molar-refractivity contribution is 4.65. The van der Waals surface area contributed by atoms with Crippen molar-refractivity contribution in [1.82, 2.24) is 9.96 Å². The van der Waals surface area contributed by atoms with Crippen LogP contribution in [0.4, 0.5) is 0 Å². The molecule has 3 heteroatoms. The number of nitrogens with zero attached hydrogens (tertiary/aromatic N) is 2. The Hall–Kier alpha value is -0.120. The SMILES string of the molecule is CCCCCCCCCCCCCCCCCN1CCN(OCC)C1. The van der Waals surface area contributed by atoms with Gasteiger partial charge in [-0.15, -0.1) is 0 Å². The van der Waals surface area contributed by atoms with Crippen molar-refractivity contribution in [2.24, 2.45) is 0 Å². The van der Waals surface area contributed by atoms with Crippen molar-refractivity contribution in [3.63, 3.8) is 0 Å². The third kappa shape index (κ3) is 13.7. The Balaban J connectivity index is 1.71. The molecule has 0 spiro atoms. The van der Waals surface area contributed by atoms with Crippen LogP contribution in [0.15, 0.2) is 0 Å². The molecule has 0 amide bonds. The molecule has 0 unspecified atom stereocenters. The van der Waals surface area contributed by atoms with Crippen molar-refractivity contribution in [1.29, 1.82) is 0 Å². The fourth-order valence-electron chi connectivity index (χ4n) is 3.79. The van der Waals surface area contributed by atoms with Crippen LogP contribution >= 0.6 is 0 Å². The Morgan fingerprint density at radius 3 is 1.56 bits per heavy atom. The van der Waals surface area contributed by atoms with Crippen molar-refractivity contribution < 1.29 is 4.84 Å². The zero-order valence-electron chi connectivity index (χ0n) is 17.4. The van der Waals surface area contributed by atoms with E-state index in [0.29, 0.717) is 0 Å². The highest BCUT2D eigenvalue weighted by Gasteiger charge is 2.19. The molecule has 1 aliphatic rings. The maximum absolute atomic E-state index is 5.55. The van der Waals surface area contributed by atoms with E-state index in [1.165, 1.54) is 109 Å². The van der Waals surface area contributed by atoms with E-state index in [2.05, 4.69) is 23.8 Å². The molecular formula is C22H46N2O. The number of unbranched alkanes of at least 4 members (excludes halogenated alkanes) is 14. The van der Waals surface area contributed by atoms with Crippen LogP contribution in [0.5, 0.6) is 0 Å². The second-order valence-electron chi connectivity index (χ2n) is 7.83. The molecule has 1 saturated heterocycles. The molecule has 0 atom stereocenters. The maximum atomic E-state index is 5.55. The topological polar surface area (TPSA) is 15.7 Å². The van der Waals surface area contributed by atoms with Crippen molar-refractivity contribution in [3.05, 3.63) is 0 Å². The summed E-state index contributed by atoms with van der Waals surface area (Å²) in [6.07, 6.45) is 21.6. The van der Waals surface area contributed by atoms with Gasteiger partial charge in [-0.25, -0.2) is 0 Å². The van der Waals surface area contributed by atoms with E-state index in [4.69, 9.17) is 4.84 Å². The minimum atomic E-state index is 0.798. The lowest BCUT2D eigenvalue weighted by atomic mass is 10.0. The summed E-state index contributed by atoms with van der Waals surface area (Å²) in [7, 11) is 0. The molecular weight excluding hydrogens is 308 g/mol. The molecule has 25 heavy (non-hydrogen) atoms. The first-order chi connectivity index (χ1) is 12.4. The van der Waals surface area contributed by atoms with E-state index in [1.807, 2.05) is 0 Å². The van der Waals surface area contributed by atoms with Gasteiger partial charge >= 0.3 is 0 Å². The van der Waals surface area contributed by atoms with Gasteiger partial charge in [0.25, 0.3) is 0 Å². The van der Waals surface area contributed by atoms with Crippen LogP contribution in [0.1, 0.15) is 110 Å². The lowest BCUT2D eigenvalue weighted by Crippen LogP contribution is -2.26. The van der Waals surface area contributed by atoms with Gasteiger partial charge in [-0.05, 0) is 19.9 Å². The zero-order chi connectivity index (χ0) is 18.0. The summed E-state index contributed by atoms with van der Waals surface area (Å²) in [6.45, 7) is 9.67. The Morgan fingerprint density at radius 1 is 0.600 bits per heavy atom. The Kier molecular flexibility index (Phi) is 15.9. The molecule has 1 rings (SSSR count). The van der Waals surface area contributed by atoms with E-state index in [1.54, 1.807) is 0 Å². The Labute approximate surface area is 158 Å². The monoisotopic (exact) mass is 354 g/mol. The molecule has 0 bridgehead atoms. The largest absolute Gasteiger partial charge is 0.298 e. The summed E-state index contributed by atoms with van der Waals surface area (Å²) in [4.78, 5) is 8.08. The number of hydrogen-bond acceptors (Lipinski definition) is 3. The molecule has 1 fully saturated rings. The van der Waals surface area contributed by atoms with Crippen LogP contribution in [0.2, 0.25) is 0 Å². The summed E-state index contributed by atoms with van der Waals surface area (Å²) in [5.74, 6) is 0. The van der Waals surface area contributed by atoms with E-state index < -0.39 is 0 Å². The number of rotatable bonds is 18. The quantitative estimate of drug-likeness (QED) is 0.265. The van der Waals surface area contributed by atoms with Crippen LogP contribution < -0.4 is 0 Å². The number of hydrogen-bond donors (Lipinski definition) is 0. The predicted octanol–water partition coefficient (Wildman–Crippen LogP) is 6.38. The van der Waals surface area contributed by atoms with E-state index in [9.17, 15) is 0 Å². The summed E-state index contributed by atoms with van der Waals surface area (Å²) in [5.41, 5.74) is 0. The molecule has 0 saturated carbocycles. The molecule has 3 nitrogen and oxygen atoms in total. The third-order valence-electron chi connectivity index (χ3n) is 5.41. The maximum Gasteiger partial charge on any atom is 0.0757 e. The molecule has 0 aromatic rings. The summed E-state index contributed by atoms with van der Waals surface area (Å²) in [6, 6.07) is 0. The zero-order valence-corrected chi connectivity index (χ0v) is 17.4. The highest BCUT2D eigenvalue weighted by atomic mass is 16.7. The van der Waals surface area contributed by atoms with Crippen LogP contribution in [0.3, 0.4) is 0 Å². The second kappa shape index (κ2) is 17.3. The van der Waals surface area contributed by atoms with Gasteiger partial charge < -0.3 is 0 Å². The minimum absolute atomic E-state index is 0.798. The molecule has 150 valence electrons. The van der Waals surface area contributed by atoms with Crippen LogP contribution in [-0.4, -0.2) is 42.9 Å². The average Bonchev–Trinajstić information content (AvgIpc) is 3.06. The smallest absolute Gasteiger partial charge is 0.0757 e. The van der Waals surface area contributed by atoms with E-state index in [-0.39, 0.29) is 0 Å². The second-order valence-corrected chi connectivity index (χ2v) is 7.83. The minimum Gasteiger partial charge on any atom is -0.298 e. The number of hydroxylamine groups is 2. The van der Waals surface area contributed by atoms with Crippen LogP contribution in [0.25, 0.3) is 0 Å². The lowest BCUT2D eigenvalue weighted by molar-refractivity contribution is -0.146. The van der Waals surface area contributed by atoms with Crippen LogP contribution in [0, 0.1) is 0 Å². The normalized spacial score (nSPS) is 16.1. The molecule has 0 aromatic heterocycles. The highest BCUT2D eigenvalue weighted by Crippen LogP contribution is 2.14. The van der Waals surface area contributed by atoms with E-state index in [0.717, 1.165) is 19.8 Å². The standard InChI is InChI=1S/C22H46N2O/c1-3-5-6-7-8-9-10-11-12-13-14-15-16-17-18-19-23-20-21-24(22-23)25-4-2/h3-22H2,1-2H3.